The molecule has 0 saturated heterocycles. The molecule has 0 aliphatic rings. The maximum atomic E-state index is 12.4. The van der Waals surface area contributed by atoms with Crippen LogP contribution in [0.2, 0.25) is 0 Å². The summed E-state index contributed by atoms with van der Waals surface area (Å²) in [5, 5.41) is 0. The fourth-order valence-corrected chi connectivity index (χ4v) is 3.92. The smallest absolute Gasteiger partial charge is 0.252 e. The molecule has 0 unspecified atom stereocenters. The van der Waals surface area contributed by atoms with Crippen LogP contribution in [0.15, 0.2) is 41.4 Å². The molecule has 1 heterocycles. The summed E-state index contributed by atoms with van der Waals surface area (Å²) in [6.07, 6.45) is 1.21. The number of thiazole rings is 1. The monoisotopic (exact) mass is 370 g/mol. The topological polar surface area (TPSA) is 52.8 Å². The Hall–Kier alpha value is -2.60. The van der Waals surface area contributed by atoms with Gasteiger partial charge in [-0.3, -0.25) is 4.79 Å². The zero-order chi connectivity index (χ0) is 18.7. The molecule has 5 nitrogen and oxygen atoms in total. The Labute approximate surface area is 156 Å². The molecule has 0 fully saturated rings. The van der Waals surface area contributed by atoms with Crippen molar-refractivity contribution in [3.05, 3.63) is 52.3 Å². The maximum Gasteiger partial charge on any atom is 0.252 e. The third kappa shape index (κ3) is 3.65. The number of hydrogen-bond donors (Lipinski definition) is 0. The Morgan fingerprint density at radius 1 is 1.08 bits per heavy atom. The lowest BCUT2D eigenvalue weighted by Crippen LogP contribution is -2.14. The van der Waals surface area contributed by atoms with Gasteiger partial charge in [0.15, 0.2) is 16.3 Å². The van der Waals surface area contributed by atoms with Crippen LogP contribution >= 0.6 is 11.3 Å². The molecule has 0 aliphatic heterocycles. The quantitative estimate of drug-likeness (QED) is 0.691. The summed E-state index contributed by atoms with van der Waals surface area (Å²) >= 11 is 1.54. The molecule has 1 amide bonds. The number of methoxy groups -OCH3 is 2. The highest BCUT2D eigenvalue weighted by Crippen LogP contribution is 2.27. The van der Waals surface area contributed by atoms with Gasteiger partial charge >= 0.3 is 0 Å². The Bertz CT molecular complexity index is 1020. The Balaban J connectivity index is 1.89. The zero-order valence-corrected chi connectivity index (χ0v) is 16.2. The average molecular weight is 370 g/mol. The van der Waals surface area contributed by atoms with E-state index in [2.05, 4.69) is 30.1 Å². The first-order valence-corrected chi connectivity index (χ1v) is 9.24. The molecule has 0 atom stereocenters. The van der Waals surface area contributed by atoms with Gasteiger partial charge < -0.3 is 14.0 Å². The molecule has 6 heteroatoms. The van der Waals surface area contributed by atoms with Crippen LogP contribution in [0.3, 0.4) is 0 Å². The number of carbonyl (C=O) groups excluding carboxylic acids is 1. The van der Waals surface area contributed by atoms with E-state index in [0.29, 0.717) is 16.3 Å². The van der Waals surface area contributed by atoms with Gasteiger partial charge in [-0.25, -0.2) is 0 Å². The van der Waals surface area contributed by atoms with Gasteiger partial charge in [-0.05, 0) is 41.8 Å². The van der Waals surface area contributed by atoms with E-state index in [9.17, 15) is 4.79 Å². The van der Waals surface area contributed by atoms with Crippen LogP contribution in [-0.4, -0.2) is 24.7 Å². The predicted octanol–water partition coefficient (Wildman–Crippen LogP) is 3.49. The van der Waals surface area contributed by atoms with Gasteiger partial charge in [0.1, 0.15) is 0 Å². The van der Waals surface area contributed by atoms with Crippen LogP contribution < -0.4 is 14.3 Å². The maximum absolute atomic E-state index is 12.4. The van der Waals surface area contributed by atoms with Crippen LogP contribution in [0, 0.1) is 0 Å². The summed E-state index contributed by atoms with van der Waals surface area (Å²) in [5.41, 5.74) is 3.21. The van der Waals surface area contributed by atoms with Crippen LogP contribution in [0.25, 0.3) is 10.2 Å². The third-order valence-electron chi connectivity index (χ3n) is 4.31. The number of carbonyl (C=O) groups is 1. The summed E-state index contributed by atoms with van der Waals surface area (Å²) in [6, 6.07) is 11.8. The summed E-state index contributed by atoms with van der Waals surface area (Å²) in [4.78, 5) is 17.5. The van der Waals surface area contributed by atoms with Crippen molar-refractivity contribution in [1.82, 2.24) is 4.57 Å². The molecule has 0 N–H and O–H groups in total. The van der Waals surface area contributed by atoms with Gasteiger partial charge in [-0.1, -0.05) is 30.4 Å². The second kappa shape index (κ2) is 7.74. The number of amides is 1. The summed E-state index contributed by atoms with van der Waals surface area (Å²) in [5.74, 6) is 1.07. The van der Waals surface area contributed by atoms with Crippen molar-refractivity contribution >= 4 is 27.5 Å². The fourth-order valence-electron chi connectivity index (χ4n) is 2.82. The molecule has 1 aromatic heterocycles. The first kappa shape index (κ1) is 18.2. The van der Waals surface area contributed by atoms with Gasteiger partial charge in [0.05, 0.1) is 30.9 Å². The molecule has 0 saturated carbocycles. The highest BCUT2D eigenvalue weighted by molar-refractivity contribution is 7.16. The van der Waals surface area contributed by atoms with E-state index < -0.39 is 0 Å². The number of fused-ring (bicyclic) bond motifs is 1. The summed E-state index contributed by atoms with van der Waals surface area (Å²) in [7, 11) is 5.10. The van der Waals surface area contributed by atoms with Crippen LogP contribution in [0.4, 0.5) is 0 Å². The first-order valence-electron chi connectivity index (χ1n) is 8.42. The molecule has 0 radical (unpaired) electrons. The standard InChI is InChI=1S/C20H22N2O3S/c1-5-13-6-8-15-18(11-13)26-20(22(15)2)21-19(23)12-14-7-9-16(24-3)17(10-14)25-4/h6-11H,5,12H2,1-4H3. The van der Waals surface area contributed by atoms with E-state index in [4.69, 9.17) is 9.47 Å². The minimum atomic E-state index is -0.185. The van der Waals surface area contributed by atoms with E-state index in [1.165, 1.54) is 16.9 Å². The third-order valence-corrected chi connectivity index (χ3v) is 5.40. The predicted molar refractivity (Wildman–Crippen MR) is 104 cm³/mol. The number of hydrogen-bond acceptors (Lipinski definition) is 4. The van der Waals surface area contributed by atoms with Crippen molar-refractivity contribution in [3.63, 3.8) is 0 Å². The number of aromatic nitrogens is 1. The van der Waals surface area contributed by atoms with Gasteiger partial charge in [-0.15, -0.1) is 0 Å². The Kier molecular flexibility index (Phi) is 5.42. The van der Waals surface area contributed by atoms with Crippen LogP contribution in [0.1, 0.15) is 18.1 Å². The van der Waals surface area contributed by atoms with Crippen molar-refractivity contribution in [2.45, 2.75) is 19.8 Å². The lowest BCUT2D eigenvalue weighted by atomic mass is 10.1. The van der Waals surface area contributed by atoms with Crippen molar-refractivity contribution in [2.24, 2.45) is 12.0 Å². The second-order valence-corrected chi connectivity index (χ2v) is 6.98. The van der Waals surface area contributed by atoms with Crippen molar-refractivity contribution in [3.8, 4) is 11.5 Å². The number of benzene rings is 2. The van der Waals surface area contributed by atoms with E-state index in [0.717, 1.165) is 22.2 Å². The average Bonchev–Trinajstić information content (AvgIpc) is 2.96. The number of nitrogens with zero attached hydrogens (tertiary/aromatic N) is 2. The molecule has 136 valence electrons. The summed E-state index contributed by atoms with van der Waals surface area (Å²) in [6.45, 7) is 2.13. The van der Waals surface area contributed by atoms with Gasteiger partial charge in [-0.2, -0.15) is 4.99 Å². The fraction of sp³-hybridized carbons (Fsp3) is 0.300. The van der Waals surface area contributed by atoms with E-state index in [-0.39, 0.29) is 12.3 Å². The molecule has 0 spiro atoms. The Morgan fingerprint density at radius 2 is 1.81 bits per heavy atom. The van der Waals surface area contributed by atoms with Gasteiger partial charge in [0, 0.05) is 7.05 Å². The molecule has 26 heavy (non-hydrogen) atoms. The lowest BCUT2D eigenvalue weighted by Gasteiger charge is -2.08. The van der Waals surface area contributed by atoms with Crippen molar-refractivity contribution in [2.75, 3.05) is 14.2 Å². The van der Waals surface area contributed by atoms with Gasteiger partial charge in [0.25, 0.3) is 5.91 Å². The molecule has 0 bridgehead atoms. The molecule has 3 aromatic rings. The van der Waals surface area contributed by atoms with Crippen molar-refractivity contribution < 1.29 is 14.3 Å². The number of rotatable bonds is 5. The van der Waals surface area contributed by atoms with Crippen LogP contribution in [-0.2, 0) is 24.7 Å². The van der Waals surface area contributed by atoms with Crippen molar-refractivity contribution in [1.29, 1.82) is 0 Å². The second-order valence-electron chi connectivity index (χ2n) is 5.97. The number of aryl methyl sites for hydroxylation is 2. The molecule has 0 aliphatic carbocycles. The first-order chi connectivity index (χ1) is 12.5. The van der Waals surface area contributed by atoms with Gasteiger partial charge in [0.2, 0.25) is 0 Å². The van der Waals surface area contributed by atoms with E-state index in [1.807, 2.05) is 23.7 Å². The number of ether oxygens (including phenoxy) is 2. The normalized spacial score (nSPS) is 11.8. The largest absolute Gasteiger partial charge is 0.493 e. The van der Waals surface area contributed by atoms with E-state index >= 15 is 0 Å². The lowest BCUT2D eigenvalue weighted by molar-refractivity contribution is -0.117. The zero-order valence-electron chi connectivity index (χ0n) is 15.4. The molecular weight excluding hydrogens is 348 g/mol. The summed E-state index contributed by atoms with van der Waals surface area (Å²) < 4.78 is 13.6. The SMILES string of the molecule is CCc1ccc2c(c1)sc(=NC(=O)Cc1ccc(OC)c(OC)c1)n2C. The minimum Gasteiger partial charge on any atom is -0.493 e. The van der Waals surface area contributed by atoms with E-state index in [1.54, 1.807) is 20.3 Å². The minimum absolute atomic E-state index is 0.185. The molecule has 2 aromatic carbocycles. The molecular formula is C20H22N2O3S. The molecule has 3 rings (SSSR count). The highest BCUT2D eigenvalue weighted by Gasteiger charge is 2.09. The Morgan fingerprint density at radius 3 is 2.50 bits per heavy atom. The highest BCUT2D eigenvalue weighted by atomic mass is 32.1. The van der Waals surface area contributed by atoms with Crippen LogP contribution in [0.5, 0.6) is 11.5 Å².